The van der Waals surface area contributed by atoms with E-state index in [4.69, 9.17) is 5.11 Å². The first-order valence-corrected chi connectivity index (χ1v) is 4.24. The lowest BCUT2D eigenvalue weighted by atomic mass is 10.1. The molecule has 5 heteroatoms. The number of H-pyrrole nitrogens is 1. The van der Waals surface area contributed by atoms with Crippen LogP contribution in [0.5, 0.6) is 11.5 Å². The van der Waals surface area contributed by atoms with Crippen molar-refractivity contribution in [3.05, 3.63) is 40.8 Å². The molecule has 0 aliphatic carbocycles. The quantitative estimate of drug-likeness (QED) is 0.642. The Hall–Kier alpha value is -2.30. The smallest absolute Gasteiger partial charge is 0.264 e. The van der Waals surface area contributed by atoms with E-state index in [9.17, 15) is 9.90 Å². The fourth-order valence-electron chi connectivity index (χ4n) is 1.29. The Morgan fingerprint density at radius 2 is 2.00 bits per heavy atom. The zero-order chi connectivity index (χ0) is 10.8. The van der Waals surface area contributed by atoms with Gasteiger partial charge in [0.05, 0.1) is 6.20 Å². The number of aromatic nitrogens is 2. The number of phenolic OH excluding ortho intramolecular Hbond substituents is 2. The summed E-state index contributed by atoms with van der Waals surface area (Å²) >= 11 is 0. The minimum absolute atomic E-state index is 0.0333. The van der Waals surface area contributed by atoms with Gasteiger partial charge in [-0.3, -0.25) is 4.79 Å². The summed E-state index contributed by atoms with van der Waals surface area (Å²) in [5.74, 6) is -0.128. The molecule has 0 aliphatic heterocycles. The molecular formula is C10H8N2O3. The number of nitrogens with one attached hydrogen (secondary N) is 1. The van der Waals surface area contributed by atoms with Gasteiger partial charge in [-0.2, -0.15) is 5.10 Å². The third-order valence-corrected chi connectivity index (χ3v) is 1.96. The Bertz CT molecular complexity index is 548. The lowest BCUT2D eigenvalue weighted by Crippen LogP contribution is -2.05. The molecule has 2 aromatic rings. The molecule has 0 amide bonds. The zero-order valence-corrected chi connectivity index (χ0v) is 7.64. The normalized spacial score (nSPS) is 10.1. The molecule has 3 N–H and O–H groups in total. The van der Waals surface area contributed by atoms with Gasteiger partial charge in [-0.15, -0.1) is 0 Å². The SMILES string of the molecule is O=c1cc(-c2ccc(O)cc2O)cn[nH]1. The first-order chi connectivity index (χ1) is 7.16. The molecule has 0 radical (unpaired) electrons. The maximum Gasteiger partial charge on any atom is 0.264 e. The lowest BCUT2D eigenvalue weighted by molar-refractivity contribution is 0.452. The highest BCUT2D eigenvalue weighted by Gasteiger charge is 2.05. The number of hydrogen-bond donors (Lipinski definition) is 3. The summed E-state index contributed by atoms with van der Waals surface area (Å²) in [5.41, 5.74) is 0.600. The van der Waals surface area contributed by atoms with Gasteiger partial charge in [0.2, 0.25) is 0 Å². The summed E-state index contributed by atoms with van der Waals surface area (Å²) in [6, 6.07) is 5.47. The summed E-state index contributed by atoms with van der Waals surface area (Å²) in [5, 5.41) is 24.5. The average Bonchev–Trinajstić information content (AvgIpc) is 2.17. The predicted octanol–water partition coefficient (Wildman–Crippen LogP) is 0.848. The van der Waals surface area contributed by atoms with Crippen LogP contribution in [0.3, 0.4) is 0 Å². The fourth-order valence-corrected chi connectivity index (χ4v) is 1.29. The first kappa shape index (κ1) is 9.26. The van der Waals surface area contributed by atoms with Gasteiger partial charge in [-0.1, -0.05) is 0 Å². The van der Waals surface area contributed by atoms with Crippen molar-refractivity contribution in [1.29, 1.82) is 0 Å². The largest absolute Gasteiger partial charge is 0.508 e. The van der Waals surface area contributed by atoms with Crippen LogP contribution in [0.2, 0.25) is 0 Å². The number of aromatic amines is 1. The summed E-state index contributed by atoms with van der Waals surface area (Å²) in [6.07, 6.45) is 1.42. The van der Waals surface area contributed by atoms with Crippen molar-refractivity contribution in [1.82, 2.24) is 10.2 Å². The van der Waals surface area contributed by atoms with Crippen molar-refractivity contribution in [2.75, 3.05) is 0 Å². The monoisotopic (exact) mass is 204 g/mol. The fraction of sp³-hybridized carbons (Fsp3) is 0. The van der Waals surface area contributed by atoms with E-state index in [2.05, 4.69) is 10.2 Å². The van der Waals surface area contributed by atoms with Gasteiger partial charge in [0.1, 0.15) is 11.5 Å². The number of nitrogens with zero attached hydrogens (tertiary/aromatic N) is 1. The van der Waals surface area contributed by atoms with Crippen LogP contribution < -0.4 is 5.56 Å². The Morgan fingerprint density at radius 1 is 1.20 bits per heavy atom. The summed E-state index contributed by atoms with van der Waals surface area (Å²) in [7, 11) is 0. The second-order valence-electron chi connectivity index (χ2n) is 3.04. The molecule has 5 nitrogen and oxygen atoms in total. The van der Waals surface area contributed by atoms with Crippen LogP contribution in [0.15, 0.2) is 35.3 Å². The first-order valence-electron chi connectivity index (χ1n) is 4.24. The molecule has 15 heavy (non-hydrogen) atoms. The molecule has 0 atom stereocenters. The minimum Gasteiger partial charge on any atom is -0.508 e. The maximum absolute atomic E-state index is 11.0. The topological polar surface area (TPSA) is 86.2 Å². The van der Waals surface area contributed by atoms with Crippen molar-refractivity contribution in [3.63, 3.8) is 0 Å². The number of hydrogen-bond acceptors (Lipinski definition) is 4. The van der Waals surface area contributed by atoms with E-state index in [0.717, 1.165) is 0 Å². The molecule has 1 aromatic carbocycles. The molecule has 1 aromatic heterocycles. The van der Waals surface area contributed by atoms with E-state index >= 15 is 0 Å². The highest BCUT2D eigenvalue weighted by Crippen LogP contribution is 2.30. The second kappa shape index (κ2) is 3.45. The molecule has 0 saturated carbocycles. The van der Waals surface area contributed by atoms with Crippen LogP contribution in [0.4, 0.5) is 0 Å². The molecule has 0 saturated heterocycles. The summed E-state index contributed by atoms with van der Waals surface area (Å²) in [4.78, 5) is 11.0. The number of phenols is 2. The van der Waals surface area contributed by atoms with Crippen LogP contribution in [-0.2, 0) is 0 Å². The maximum atomic E-state index is 11.0. The van der Waals surface area contributed by atoms with E-state index in [1.807, 2.05) is 0 Å². The van der Waals surface area contributed by atoms with Crippen LogP contribution in [-0.4, -0.2) is 20.4 Å². The standard InChI is InChI=1S/C10H8N2O3/c13-7-1-2-8(9(14)4-7)6-3-10(15)12-11-5-6/h1-5,13-14H,(H,12,15). The highest BCUT2D eigenvalue weighted by molar-refractivity contribution is 5.69. The van der Waals surface area contributed by atoms with Gasteiger partial charge in [0.15, 0.2) is 0 Å². The van der Waals surface area contributed by atoms with E-state index in [1.165, 1.54) is 30.5 Å². The van der Waals surface area contributed by atoms with Gasteiger partial charge in [0.25, 0.3) is 5.56 Å². The molecule has 1 heterocycles. The van der Waals surface area contributed by atoms with Crippen molar-refractivity contribution in [3.8, 4) is 22.6 Å². The van der Waals surface area contributed by atoms with E-state index in [-0.39, 0.29) is 17.1 Å². The minimum atomic E-state index is -0.347. The van der Waals surface area contributed by atoms with Gasteiger partial charge in [-0.25, -0.2) is 5.10 Å². The second-order valence-corrected chi connectivity index (χ2v) is 3.04. The van der Waals surface area contributed by atoms with Gasteiger partial charge >= 0.3 is 0 Å². The van der Waals surface area contributed by atoms with E-state index in [1.54, 1.807) is 0 Å². The van der Waals surface area contributed by atoms with Crippen LogP contribution in [0.1, 0.15) is 0 Å². The van der Waals surface area contributed by atoms with Crippen LogP contribution in [0, 0.1) is 0 Å². The predicted molar refractivity (Wildman–Crippen MR) is 53.6 cm³/mol. The van der Waals surface area contributed by atoms with Crippen LogP contribution in [0.25, 0.3) is 11.1 Å². The zero-order valence-electron chi connectivity index (χ0n) is 7.64. The Kier molecular flexibility index (Phi) is 2.13. The molecule has 0 spiro atoms. The Labute approximate surface area is 84.6 Å². The molecule has 2 rings (SSSR count). The summed E-state index contributed by atoms with van der Waals surface area (Å²) < 4.78 is 0. The van der Waals surface area contributed by atoms with Crippen molar-refractivity contribution >= 4 is 0 Å². The molecule has 0 fully saturated rings. The van der Waals surface area contributed by atoms with E-state index in [0.29, 0.717) is 11.1 Å². The van der Waals surface area contributed by atoms with Gasteiger partial charge in [0, 0.05) is 23.3 Å². The molecular weight excluding hydrogens is 196 g/mol. The van der Waals surface area contributed by atoms with Gasteiger partial charge in [-0.05, 0) is 12.1 Å². The molecule has 0 unspecified atom stereocenters. The van der Waals surface area contributed by atoms with Crippen LogP contribution >= 0.6 is 0 Å². The Balaban J connectivity index is 2.59. The number of aromatic hydroxyl groups is 2. The van der Waals surface area contributed by atoms with Crippen molar-refractivity contribution in [2.24, 2.45) is 0 Å². The third-order valence-electron chi connectivity index (χ3n) is 1.96. The third kappa shape index (κ3) is 1.80. The van der Waals surface area contributed by atoms with Crippen molar-refractivity contribution < 1.29 is 10.2 Å². The number of rotatable bonds is 1. The average molecular weight is 204 g/mol. The highest BCUT2D eigenvalue weighted by atomic mass is 16.3. The summed E-state index contributed by atoms with van der Waals surface area (Å²) in [6.45, 7) is 0. The number of benzene rings is 1. The molecule has 76 valence electrons. The Morgan fingerprint density at radius 3 is 2.67 bits per heavy atom. The molecule has 0 aliphatic rings. The van der Waals surface area contributed by atoms with Gasteiger partial charge < -0.3 is 10.2 Å². The van der Waals surface area contributed by atoms with E-state index < -0.39 is 0 Å². The molecule has 0 bridgehead atoms. The van der Waals surface area contributed by atoms with Crippen molar-refractivity contribution in [2.45, 2.75) is 0 Å². The lowest BCUT2D eigenvalue weighted by Gasteiger charge is -2.03.